The van der Waals surface area contributed by atoms with E-state index in [2.05, 4.69) is 44.3 Å². The van der Waals surface area contributed by atoms with Crippen LogP contribution in [0.1, 0.15) is 68.7 Å². The van der Waals surface area contributed by atoms with Gasteiger partial charge >= 0.3 is 0 Å². The lowest BCUT2D eigenvalue weighted by Crippen LogP contribution is -2.38. The minimum atomic E-state index is 0.372. The topological polar surface area (TPSA) is 12.0 Å². The third kappa shape index (κ3) is 1.63. The Bertz CT molecular complexity index is 433. The summed E-state index contributed by atoms with van der Waals surface area (Å²) in [7, 11) is 0. The molecule has 1 aromatic carbocycles. The average Bonchev–Trinajstić information content (AvgIpc) is 2.34. The van der Waals surface area contributed by atoms with E-state index in [1.807, 2.05) is 0 Å². The molecule has 0 amide bonds. The van der Waals surface area contributed by atoms with Crippen LogP contribution in [0, 0.1) is 0 Å². The first-order chi connectivity index (χ1) is 8.13. The lowest BCUT2D eigenvalue weighted by Gasteiger charge is -2.43. The van der Waals surface area contributed by atoms with Crippen LogP contribution in [0.2, 0.25) is 0 Å². The van der Waals surface area contributed by atoms with Gasteiger partial charge < -0.3 is 5.32 Å². The molecule has 1 nitrogen and oxygen atoms in total. The van der Waals surface area contributed by atoms with Crippen molar-refractivity contribution in [2.24, 2.45) is 0 Å². The summed E-state index contributed by atoms with van der Waals surface area (Å²) in [5.74, 6) is 0.761. The zero-order valence-electron chi connectivity index (χ0n) is 11.2. The first kappa shape index (κ1) is 11.3. The fraction of sp³-hybridized carbons (Fsp3) is 0.625. The molecule has 1 heterocycles. The van der Waals surface area contributed by atoms with Crippen molar-refractivity contribution in [3.05, 3.63) is 34.9 Å². The van der Waals surface area contributed by atoms with Gasteiger partial charge in [0.25, 0.3) is 0 Å². The molecule has 1 aliphatic heterocycles. The quantitative estimate of drug-likeness (QED) is 0.770. The lowest BCUT2D eigenvalue weighted by molar-refractivity contribution is 0.345. The van der Waals surface area contributed by atoms with Crippen molar-refractivity contribution in [3.8, 4) is 0 Å². The van der Waals surface area contributed by atoms with Gasteiger partial charge in [0, 0.05) is 12.6 Å². The van der Waals surface area contributed by atoms with E-state index in [4.69, 9.17) is 0 Å². The average molecular weight is 229 g/mol. The highest BCUT2D eigenvalue weighted by molar-refractivity contribution is 5.47. The SMILES string of the molecule is CCC1NCC2CCC(C)(C)c3cccc1c32. The summed E-state index contributed by atoms with van der Waals surface area (Å²) < 4.78 is 0. The van der Waals surface area contributed by atoms with Crippen LogP contribution in [0.15, 0.2) is 18.2 Å². The Labute approximate surface area is 105 Å². The van der Waals surface area contributed by atoms with Crippen LogP contribution in [0.25, 0.3) is 0 Å². The van der Waals surface area contributed by atoms with Gasteiger partial charge in [0.15, 0.2) is 0 Å². The fourth-order valence-electron chi connectivity index (χ4n) is 3.71. The van der Waals surface area contributed by atoms with E-state index >= 15 is 0 Å². The summed E-state index contributed by atoms with van der Waals surface area (Å²) in [6.45, 7) is 8.27. The predicted molar refractivity (Wildman–Crippen MR) is 72.5 cm³/mol. The summed E-state index contributed by atoms with van der Waals surface area (Å²) >= 11 is 0. The molecule has 0 spiro atoms. The van der Waals surface area contributed by atoms with Crippen LogP contribution in [0.5, 0.6) is 0 Å². The van der Waals surface area contributed by atoms with Gasteiger partial charge in [-0.3, -0.25) is 0 Å². The van der Waals surface area contributed by atoms with Gasteiger partial charge in [0.1, 0.15) is 0 Å². The largest absolute Gasteiger partial charge is 0.309 e. The van der Waals surface area contributed by atoms with E-state index in [0.29, 0.717) is 11.5 Å². The van der Waals surface area contributed by atoms with Crippen LogP contribution < -0.4 is 5.32 Å². The molecule has 0 saturated carbocycles. The van der Waals surface area contributed by atoms with Crippen LogP contribution >= 0.6 is 0 Å². The van der Waals surface area contributed by atoms with E-state index in [-0.39, 0.29) is 0 Å². The van der Waals surface area contributed by atoms with Crippen molar-refractivity contribution in [1.82, 2.24) is 5.32 Å². The van der Waals surface area contributed by atoms with Gasteiger partial charge in [-0.1, -0.05) is 39.0 Å². The Balaban J connectivity index is 2.19. The van der Waals surface area contributed by atoms with Crippen molar-refractivity contribution in [1.29, 1.82) is 0 Å². The Hall–Kier alpha value is -0.820. The highest BCUT2D eigenvalue weighted by atomic mass is 14.9. The number of rotatable bonds is 1. The fourth-order valence-corrected chi connectivity index (χ4v) is 3.71. The summed E-state index contributed by atoms with van der Waals surface area (Å²) in [5.41, 5.74) is 5.26. The Kier molecular flexibility index (Phi) is 2.55. The standard InChI is InChI=1S/C16H23N/c1-4-14-12-6-5-7-13-15(12)11(10-17-14)8-9-16(13,2)3/h5-7,11,14,17H,4,8-10H2,1-3H3. The van der Waals surface area contributed by atoms with Crippen LogP contribution in [0.4, 0.5) is 0 Å². The normalized spacial score (nSPS) is 29.8. The third-order valence-electron chi connectivity index (χ3n) is 4.79. The van der Waals surface area contributed by atoms with Gasteiger partial charge in [-0.2, -0.15) is 0 Å². The van der Waals surface area contributed by atoms with E-state index in [9.17, 15) is 0 Å². The molecule has 92 valence electrons. The molecule has 2 unspecified atom stereocenters. The summed E-state index contributed by atoms with van der Waals surface area (Å²) in [6, 6.07) is 7.54. The van der Waals surface area contributed by atoms with Crippen LogP contribution in [-0.4, -0.2) is 6.54 Å². The molecular weight excluding hydrogens is 206 g/mol. The molecule has 1 N–H and O–H groups in total. The molecular formula is C16H23N. The second-order valence-corrected chi connectivity index (χ2v) is 6.30. The van der Waals surface area contributed by atoms with Crippen molar-refractivity contribution >= 4 is 0 Å². The molecule has 2 atom stereocenters. The zero-order chi connectivity index (χ0) is 12.0. The van der Waals surface area contributed by atoms with Crippen molar-refractivity contribution in [2.75, 3.05) is 6.54 Å². The molecule has 0 fully saturated rings. The molecule has 3 rings (SSSR count). The van der Waals surface area contributed by atoms with Crippen molar-refractivity contribution in [3.63, 3.8) is 0 Å². The summed E-state index contributed by atoms with van der Waals surface area (Å²) in [4.78, 5) is 0. The summed E-state index contributed by atoms with van der Waals surface area (Å²) in [5, 5.41) is 3.71. The molecule has 1 aliphatic carbocycles. The van der Waals surface area contributed by atoms with Crippen molar-refractivity contribution < 1.29 is 0 Å². The molecule has 0 aromatic heterocycles. The Morgan fingerprint density at radius 1 is 1.35 bits per heavy atom. The molecule has 1 aromatic rings. The second kappa shape index (κ2) is 3.84. The first-order valence-electron chi connectivity index (χ1n) is 7.00. The molecule has 0 bridgehead atoms. The van der Waals surface area contributed by atoms with Gasteiger partial charge in [0.05, 0.1) is 0 Å². The maximum absolute atomic E-state index is 3.71. The zero-order valence-corrected chi connectivity index (χ0v) is 11.2. The molecule has 2 aliphatic rings. The molecule has 17 heavy (non-hydrogen) atoms. The Morgan fingerprint density at radius 3 is 2.94 bits per heavy atom. The minimum absolute atomic E-state index is 0.372. The van der Waals surface area contributed by atoms with Crippen LogP contribution in [0.3, 0.4) is 0 Å². The minimum Gasteiger partial charge on any atom is -0.309 e. The highest BCUT2D eigenvalue weighted by Crippen LogP contribution is 2.47. The maximum Gasteiger partial charge on any atom is 0.0320 e. The van der Waals surface area contributed by atoms with Gasteiger partial charge in [0.2, 0.25) is 0 Å². The van der Waals surface area contributed by atoms with E-state index < -0.39 is 0 Å². The van der Waals surface area contributed by atoms with E-state index in [0.717, 1.165) is 5.92 Å². The maximum atomic E-state index is 3.71. The number of hydrogen-bond donors (Lipinski definition) is 1. The van der Waals surface area contributed by atoms with Crippen molar-refractivity contribution in [2.45, 2.75) is 57.4 Å². The predicted octanol–water partition coefficient (Wildman–Crippen LogP) is 3.90. The highest BCUT2D eigenvalue weighted by Gasteiger charge is 2.37. The smallest absolute Gasteiger partial charge is 0.0320 e. The molecule has 0 radical (unpaired) electrons. The van der Waals surface area contributed by atoms with Gasteiger partial charge in [-0.05, 0) is 47.3 Å². The molecule has 1 heteroatoms. The van der Waals surface area contributed by atoms with Crippen LogP contribution in [-0.2, 0) is 5.41 Å². The van der Waals surface area contributed by atoms with E-state index in [1.165, 1.54) is 25.8 Å². The van der Waals surface area contributed by atoms with E-state index in [1.54, 1.807) is 16.7 Å². The first-order valence-corrected chi connectivity index (χ1v) is 7.00. The summed E-state index contributed by atoms with van der Waals surface area (Å²) in [6.07, 6.45) is 3.87. The third-order valence-corrected chi connectivity index (χ3v) is 4.79. The number of hydrogen-bond acceptors (Lipinski definition) is 1. The van der Waals surface area contributed by atoms with Gasteiger partial charge in [-0.25, -0.2) is 0 Å². The monoisotopic (exact) mass is 229 g/mol. The second-order valence-electron chi connectivity index (χ2n) is 6.30. The number of nitrogens with one attached hydrogen (secondary N) is 1. The lowest BCUT2D eigenvalue weighted by atomic mass is 9.65. The Morgan fingerprint density at radius 2 is 2.18 bits per heavy atom. The van der Waals surface area contributed by atoms with Gasteiger partial charge in [-0.15, -0.1) is 0 Å². The number of benzene rings is 1. The molecule has 0 saturated heterocycles.